The lowest BCUT2D eigenvalue weighted by Gasteiger charge is -2.13. The minimum Gasteiger partial charge on any atom is -0.497 e. The van der Waals surface area contributed by atoms with Crippen LogP contribution in [0.15, 0.2) is 42.5 Å². The molecule has 118 valence electrons. The van der Waals surface area contributed by atoms with E-state index in [0.29, 0.717) is 6.61 Å². The van der Waals surface area contributed by atoms with E-state index in [1.54, 1.807) is 14.2 Å². The Morgan fingerprint density at radius 3 is 2.32 bits per heavy atom. The molecule has 0 aliphatic rings. The summed E-state index contributed by atoms with van der Waals surface area (Å²) in [6, 6.07) is 13.8. The second-order valence-electron chi connectivity index (χ2n) is 5.01. The van der Waals surface area contributed by atoms with E-state index < -0.39 is 0 Å². The van der Waals surface area contributed by atoms with E-state index in [1.165, 1.54) is 5.56 Å². The largest absolute Gasteiger partial charge is 0.497 e. The molecule has 0 bridgehead atoms. The number of hydrogen-bond acceptors (Lipinski definition) is 4. The number of anilines is 1. The van der Waals surface area contributed by atoms with Gasteiger partial charge in [-0.25, -0.2) is 0 Å². The molecule has 2 aromatic rings. The minimum absolute atomic E-state index is 0.669. The number of ether oxygens (including phenoxy) is 3. The second-order valence-corrected chi connectivity index (χ2v) is 5.01. The van der Waals surface area contributed by atoms with E-state index in [4.69, 9.17) is 14.2 Å². The van der Waals surface area contributed by atoms with E-state index >= 15 is 0 Å². The summed E-state index contributed by atoms with van der Waals surface area (Å²) in [4.78, 5) is 0. The highest BCUT2D eigenvalue weighted by Gasteiger charge is 2.04. The van der Waals surface area contributed by atoms with Gasteiger partial charge in [-0.05, 0) is 37.6 Å². The maximum atomic E-state index is 5.70. The van der Waals surface area contributed by atoms with Crippen molar-refractivity contribution in [1.29, 1.82) is 0 Å². The zero-order valence-corrected chi connectivity index (χ0v) is 13.4. The molecule has 2 rings (SSSR count). The third-order valence-electron chi connectivity index (χ3n) is 3.33. The zero-order valence-electron chi connectivity index (χ0n) is 13.4. The molecule has 0 spiro atoms. The number of rotatable bonds is 8. The molecule has 0 unspecified atom stereocenters. The van der Waals surface area contributed by atoms with Crippen LogP contribution in [0.2, 0.25) is 0 Å². The Labute approximate surface area is 132 Å². The Bertz CT molecular complexity index is 581. The molecular formula is C18H23NO3. The van der Waals surface area contributed by atoms with Gasteiger partial charge in [0.15, 0.2) is 0 Å². The molecule has 0 atom stereocenters. The lowest BCUT2D eigenvalue weighted by molar-refractivity contribution is 0.315. The van der Waals surface area contributed by atoms with Crippen LogP contribution in [0, 0.1) is 6.92 Å². The van der Waals surface area contributed by atoms with E-state index in [1.807, 2.05) is 30.3 Å². The first-order valence-electron chi connectivity index (χ1n) is 7.38. The van der Waals surface area contributed by atoms with Crippen molar-refractivity contribution in [3.8, 4) is 17.2 Å². The van der Waals surface area contributed by atoms with Crippen LogP contribution in [0.1, 0.15) is 12.0 Å². The van der Waals surface area contributed by atoms with Crippen molar-refractivity contribution in [2.75, 3.05) is 32.7 Å². The Morgan fingerprint density at radius 1 is 0.909 bits per heavy atom. The third-order valence-corrected chi connectivity index (χ3v) is 3.33. The summed E-state index contributed by atoms with van der Waals surface area (Å²) in [6.07, 6.45) is 0.897. The molecule has 4 heteroatoms. The van der Waals surface area contributed by atoms with E-state index in [9.17, 15) is 0 Å². The summed E-state index contributed by atoms with van der Waals surface area (Å²) in [5, 5.41) is 3.35. The Morgan fingerprint density at radius 2 is 1.64 bits per heavy atom. The van der Waals surface area contributed by atoms with Gasteiger partial charge >= 0.3 is 0 Å². The van der Waals surface area contributed by atoms with Crippen molar-refractivity contribution in [2.24, 2.45) is 0 Å². The third kappa shape index (κ3) is 4.58. The van der Waals surface area contributed by atoms with Crippen LogP contribution in [0.3, 0.4) is 0 Å². The molecule has 4 nitrogen and oxygen atoms in total. The first-order chi connectivity index (χ1) is 10.7. The lowest BCUT2D eigenvalue weighted by atomic mass is 10.2. The van der Waals surface area contributed by atoms with Crippen molar-refractivity contribution >= 4 is 5.69 Å². The maximum Gasteiger partial charge on any atom is 0.142 e. The Hall–Kier alpha value is -2.36. The molecule has 0 saturated heterocycles. The molecule has 0 aliphatic heterocycles. The van der Waals surface area contributed by atoms with E-state index in [2.05, 4.69) is 24.4 Å². The van der Waals surface area contributed by atoms with Gasteiger partial charge in [0.25, 0.3) is 0 Å². The van der Waals surface area contributed by atoms with Crippen molar-refractivity contribution in [2.45, 2.75) is 13.3 Å². The first kappa shape index (κ1) is 16.0. The summed E-state index contributed by atoms with van der Waals surface area (Å²) in [5.74, 6) is 2.52. The molecule has 0 radical (unpaired) electrons. The SMILES string of the molecule is COc1ccc(OC)c(NCCCOc2ccc(C)cc2)c1. The average Bonchev–Trinajstić information content (AvgIpc) is 2.56. The Kier molecular flexibility index (Phi) is 5.95. The summed E-state index contributed by atoms with van der Waals surface area (Å²) in [6.45, 7) is 3.53. The van der Waals surface area contributed by atoms with Gasteiger partial charge in [0.2, 0.25) is 0 Å². The van der Waals surface area contributed by atoms with Crippen molar-refractivity contribution in [3.63, 3.8) is 0 Å². The summed E-state index contributed by atoms with van der Waals surface area (Å²) >= 11 is 0. The molecule has 0 amide bonds. The minimum atomic E-state index is 0.669. The molecule has 0 saturated carbocycles. The van der Waals surface area contributed by atoms with Crippen molar-refractivity contribution in [1.82, 2.24) is 0 Å². The van der Waals surface area contributed by atoms with Crippen LogP contribution in [0.25, 0.3) is 0 Å². The smallest absolute Gasteiger partial charge is 0.142 e. The summed E-state index contributed by atoms with van der Waals surface area (Å²) in [5.41, 5.74) is 2.16. The van der Waals surface area contributed by atoms with Crippen molar-refractivity contribution in [3.05, 3.63) is 48.0 Å². The number of hydrogen-bond donors (Lipinski definition) is 1. The van der Waals surface area contributed by atoms with E-state index in [0.717, 1.165) is 35.9 Å². The van der Waals surface area contributed by atoms with Gasteiger partial charge in [0.1, 0.15) is 17.2 Å². The van der Waals surface area contributed by atoms with Crippen LogP contribution in [0.4, 0.5) is 5.69 Å². The summed E-state index contributed by atoms with van der Waals surface area (Å²) in [7, 11) is 3.31. The van der Waals surface area contributed by atoms with Crippen LogP contribution in [-0.4, -0.2) is 27.4 Å². The van der Waals surface area contributed by atoms with Gasteiger partial charge in [-0.3, -0.25) is 0 Å². The molecule has 22 heavy (non-hydrogen) atoms. The number of nitrogens with one attached hydrogen (secondary N) is 1. The second kappa shape index (κ2) is 8.17. The standard InChI is InChI=1S/C18H23NO3/c1-14-5-7-15(8-6-14)22-12-4-11-19-17-13-16(20-2)9-10-18(17)21-3/h5-10,13,19H,4,11-12H2,1-3H3. The topological polar surface area (TPSA) is 39.7 Å². The highest BCUT2D eigenvalue weighted by Crippen LogP contribution is 2.28. The van der Waals surface area contributed by atoms with Crippen LogP contribution < -0.4 is 19.5 Å². The lowest BCUT2D eigenvalue weighted by Crippen LogP contribution is -2.08. The fourth-order valence-electron chi connectivity index (χ4n) is 2.07. The van der Waals surface area contributed by atoms with Gasteiger partial charge in [-0.1, -0.05) is 17.7 Å². The highest BCUT2D eigenvalue weighted by molar-refractivity contribution is 5.59. The maximum absolute atomic E-state index is 5.70. The number of aryl methyl sites for hydroxylation is 1. The van der Waals surface area contributed by atoms with Crippen LogP contribution in [0.5, 0.6) is 17.2 Å². The Balaban J connectivity index is 1.77. The molecule has 2 aromatic carbocycles. The van der Waals surface area contributed by atoms with E-state index in [-0.39, 0.29) is 0 Å². The van der Waals surface area contributed by atoms with Gasteiger partial charge in [-0.15, -0.1) is 0 Å². The predicted octanol–water partition coefficient (Wildman–Crippen LogP) is 3.89. The average molecular weight is 301 g/mol. The molecular weight excluding hydrogens is 278 g/mol. The molecule has 1 N–H and O–H groups in total. The monoisotopic (exact) mass is 301 g/mol. The first-order valence-corrected chi connectivity index (χ1v) is 7.38. The van der Waals surface area contributed by atoms with Gasteiger partial charge < -0.3 is 19.5 Å². The van der Waals surface area contributed by atoms with Crippen molar-refractivity contribution < 1.29 is 14.2 Å². The molecule has 0 fully saturated rings. The number of benzene rings is 2. The zero-order chi connectivity index (χ0) is 15.8. The van der Waals surface area contributed by atoms with Gasteiger partial charge in [0, 0.05) is 12.6 Å². The molecule has 0 heterocycles. The van der Waals surface area contributed by atoms with Gasteiger partial charge in [-0.2, -0.15) is 0 Å². The predicted molar refractivity (Wildman–Crippen MR) is 89.3 cm³/mol. The number of methoxy groups -OCH3 is 2. The van der Waals surface area contributed by atoms with Gasteiger partial charge in [0.05, 0.1) is 26.5 Å². The summed E-state index contributed by atoms with van der Waals surface area (Å²) < 4.78 is 16.3. The molecule has 0 aromatic heterocycles. The normalized spacial score (nSPS) is 10.1. The highest BCUT2D eigenvalue weighted by atomic mass is 16.5. The quantitative estimate of drug-likeness (QED) is 0.751. The fourth-order valence-corrected chi connectivity index (χ4v) is 2.07. The van der Waals surface area contributed by atoms with Crippen LogP contribution in [-0.2, 0) is 0 Å². The van der Waals surface area contributed by atoms with Crippen LogP contribution >= 0.6 is 0 Å². The molecule has 0 aliphatic carbocycles. The fraction of sp³-hybridized carbons (Fsp3) is 0.333.